The van der Waals surface area contributed by atoms with E-state index in [1.807, 2.05) is 13.8 Å². The van der Waals surface area contributed by atoms with Gasteiger partial charge in [0, 0.05) is 25.3 Å². The molecular formula is C18H24FN3O4S. The highest BCUT2D eigenvalue weighted by molar-refractivity contribution is 7.90. The summed E-state index contributed by atoms with van der Waals surface area (Å²) in [5, 5.41) is 2.15. The highest BCUT2D eigenvalue weighted by atomic mass is 32.2. The van der Waals surface area contributed by atoms with Gasteiger partial charge in [0.2, 0.25) is 10.0 Å². The molecule has 3 fully saturated rings. The lowest BCUT2D eigenvalue weighted by molar-refractivity contribution is -0.0946. The van der Waals surface area contributed by atoms with Crippen LogP contribution in [-0.2, 0) is 14.8 Å². The van der Waals surface area contributed by atoms with Crippen molar-refractivity contribution in [3.8, 4) is 0 Å². The number of nitrogens with one attached hydrogen (secondary N) is 1. The van der Waals surface area contributed by atoms with Crippen LogP contribution in [0.3, 0.4) is 0 Å². The van der Waals surface area contributed by atoms with Crippen molar-refractivity contribution in [3.05, 3.63) is 30.1 Å². The normalized spacial score (nSPS) is 31.9. The van der Waals surface area contributed by atoms with Crippen LogP contribution in [0, 0.1) is 11.7 Å². The van der Waals surface area contributed by atoms with Crippen LogP contribution in [0.5, 0.6) is 0 Å². The lowest BCUT2D eigenvalue weighted by Crippen LogP contribution is -2.57. The minimum atomic E-state index is -3.43. The van der Waals surface area contributed by atoms with Crippen molar-refractivity contribution in [1.82, 2.24) is 9.21 Å². The van der Waals surface area contributed by atoms with Gasteiger partial charge in [0.25, 0.3) is 0 Å². The SMILES string of the molecule is CC(C)CN1C[C@@]23CN(C(=O)Nc4ccc(F)cc4)C[C@@H](C[C@@H]2S1(=O)=O)O3. The highest BCUT2D eigenvalue weighted by Crippen LogP contribution is 2.46. The number of sulfonamides is 1. The molecule has 2 bridgehead atoms. The van der Waals surface area contributed by atoms with Gasteiger partial charge in [-0.15, -0.1) is 0 Å². The van der Waals surface area contributed by atoms with E-state index in [9.17, 15) is 17.6 Å². The molecule has 1 N–H and O–H groups in total. The van der Waals surface area contributed by atoms with Crippen molar-refractivity contribution in [2.45, 2.75) is 37.2 Å². The van der Waals surface area contributed by atoms with E-state index in [2.05, 4.69) is 5.32 Å². The zero-order chi connectivity index (χ0) is 19.4. The number of hydrogen-bond donors (Lipinski definition) is 1. The first kappa shape index (κ1) is 18.6. The molecule has 0 aromatic heterocycles. The molecule has 3 heterocycles. The maximum absolute atomic E-state index is 13.0. The molecule has 0 unspecified atom stereocenters. The highest BCUT2D eigenvalue weighted by Gasteiger charge is 2.65. The molecule has 27 heavy (non-hydrogen) atoms. The van der Waals surface area contributed by atoms with Crippen molar-refractivity contribution in [2.75, 3.05) is 31.5 Å². The average molecular weight is 397 g/mol. The monoisotopic (exact) mass is 397 g/mol. The second kappa shape index (κ2) is 6.42. The van der Waals surface area contributed by atoms with E-state index in [1.165, 1.54) is 28.6 Å². The number of benzene rings is 1. The van der Waals surface area contributed by atoms with Gasteiger partial charge in [-0.3, -0.25) is 0 Å². The molecule has 0 aliphatic carbocycles. The first-order valence-electron chi connectivity index (χ1n) is 9.18. The summed E-state index contributed by atoms with van der Waals surface area (Å²) in [7, 11) is -3.43. The third-order valence-electron chi connectivity index (χ3n) is 5.46. The Morgan fingerprint density at radius 3 is 2.70 bits per heavy atom. The summed E-state index contributed by atoms with van der Waals surface area (Å²) in [4.78, 5) is 14.3. The van der Waals surface area contributed by atoms with Gasteiger partial charge >= 0.3 is 6.03 Å². The van der Waals surface area contributed by atoms with Gasteiger partial charge in [0.05, 0.1) is 12.6 Å². The molecule has 3 aliphatic heterocycles. The Kier molecular flexibility index (Phi) is 4.44. The van der Waals surface area contributed by atoms with Gasteiger partial charge in [0.1, 0.15) is 16.7 Å². The molecule has 1 aromatic carbocycles. The van der Waals surface area contributed by atoms with Crippen molar-refractivity contribution < 1.29 is 22.3 Å². The molecule has 1 aromatic rings. The number of nitrogens with zero attached hydrogens (tertiary/aromatic N) is 2. The maximum Gasteiger partial charge on any atom is 0.322 e. The van der Waals surface area contributed by atoms with Gasteiger partial charge in [0.15, 0.2) is 0 Å². The number of rotatable bonds is 3. The van der Waals surface area contributed by atoms with Crippen LogP contribution in [-0.4, -0.2) is 66.8 Å². The molecule has 3 atom stereocenters. The van der Waals surface area contributed by atoms with Gasteiger partial charge in [-0.25, -0.2) is 17.6 Å². The fourth-order valence-corrected chi connectivity index (χ4v) is 6.88. The van der Waals surface area contributed by atoms with Crippen molar-refractivity contribution in [1.29, 1.82) is 0 Å². The van der Waals surface area contributed by atoms with E-state index in [4.69, 9.17) is 4.74 Å². The number of hydrogen-bond acceptors (Lipinski definition) is 4. The topological polar surface area (TPSA) is 79.0 Å². The number of urea groups is 1. The number of morpholine rings is 1. The molecule has 0 radical (unpaired) electrons. The summed E-state index contributed by atoms with van der Waals surface area (Å²) >= 11 is 0. The van der Waals surface area contributed by atoms with Crippen molar-refractivity contribution >= 4 is 21.7 Å². The molecule has 4 rings (SSSR count). The van der Waals surface area contributed by atoms with Crippen LogP contribution >= 0.6 is 0 Å². The van der Waals surface area contributed by atoms with Crippen LogP contribution in [0.2, 0.25) is 0 Å². The average Bonchev–Trinajstić information content (AvgIpc) is 2.95. The fraction of sp³-hybridized carbons (Fsp3) is 0.611. The van der Waals surface area contributed by atoms with Crippen molar-refractivity contribution in [3.63, 3.8) is 0 Å². The Labute approximate surface area is 158 Å². The number of carbonyl (C=O) groups excluding carboxylic acids is 1. The minimum absolute atomic E-state index is 0.215. The Morgan fingerprint density at radius 2 is 2.04 bits per heavy atom. The molecule has 1 spiro atoms. The smallest absolute Gasteiger partial charge is 0.322 e. The standard InChI is InChI=1S/C18H24FN3O4S/c1-12(2)8-22-11-18-10-21(9-15(26-18)7-16(18)27(22,24)25)17(23)20-14-5-3-13(19)4-6-14/h3-6,12,15-16H,7-11H2,1-2H3,(H,20,23)/t15-,16+,18+/m1/s1. The number of likely N-dealkylation sites (tertiary alicyclic amines) is 1. The summed E-state index contributed by atoms with van der Waals surface area (Å²) in [5.41, 5.74) is -0.369. The third kappa shape index (κ3) is 3.21. The van der Waals surface area contributed by atoms with Gasteiger partial charge < -0.3 is 15.0 Å². The van der Waals surface area contributed by atoms with E-state index in [-0.39, 0.29) is 37.0 Å². The molecule has 3 aliphatic rings. The largest absolute Gasteiger partial charge is 0.365 e. The second-order valence-electron chi connectivity index (χ2n) is 8.08. The predicted molar refractivity (Wildman–Crippen MR) is 98.3 cm³/mol. The van der Waals surface area contributed by atoms with E-state index >= 15 is 0 Å². The van der Waals surface area contributed by atoms with Crippen LogP contribution in [0.15, 0.2) is 24.3 Å². The summed E-state index contributed by atoms with van der Waals surface area (Å²) in [6, 6.07) is 5.22. The lowest BCUT2D eigenvalue weighted by Gasteiger charge is -2.39. The third-order valence-corrected chi connectivity index (χ3v) is 7.80. The number of ether oxygens (including phenoxy) is 1. The first-order chi connectivity index (χ1) is 12.7. The van der Waals surface area contributed by atoms with Crippen molar-refractivity contribution in [2.24, 2.45) is 5.92 Å². The number of amides is 2. The Morgan fingerprint density at radius 1 is 1.33 bits per heavy atom. The molecular weight excluding hydrogens is 373 g/mol. The molecule has 7 nitrogen and oxygen atoms in total. The molecule has 9 heteroatoms. The van der Waals surface area contributed by atoms with E-state index in [0.29, 0.717) is 25.2 Å². The van der Waals surface area contributed by atoms with Crippen LogP contribution < -0.4 is 5.32 Å². The Hall–Kier alpha value is -1.71. The van der Waals surface area contributed by atoms with E-state index in [0.717, 1.165) is 0 Å². The fourth-order valence-electron chi connectivity index (χ4n) is 4.41. The maximum atomic E-state index is 13.0. The molecule has 3 saturated heterocycles. The lowest BCUT2D eigenvalue weighted by atomic mass is 9.99. The summed E-state index contributed by atoms with van der Waals surface area (Å²) in [5.74, 6) is -0.159. The first-order valence-corrected chi connectivity index (χ1v) is 10.7. The predicted octanol–water partition coefficient (Wildman–Crippen LogP) is 1.87. The zero-order valence-electron chi connectivity index (χ0n) is 15.4. The Bertz CT molecular complexity index is 845. The van der Waals surface area contributed by atoms with Crippen LogP contribution in [0.1, 0.15) is 20.3 Å². The van der Waals surface area contributed by atoms with Gasteiger partial charge in [-0.05, 0) is 36.6 Å². The van der Waals surface area contributed by atoms with Crippen LogP contribution in [0.4, 0.5) is 14.9 Å². The van der Waals surface area contributed by atoms with E-state index in [1.54, 1.807) is 4.90 Å². The minimum Gasteiger partial charge on any atom is -0.365 e. The molecule has 0 saturated carbocycles. The van der Waals surface area contributed by atoms with E-state index < -0.39 is 20.9 Å². The molecule has 148 valence electrons. The summed E-state index contributed by atoms with van der Waals surface area (Å²) in [6.07, 6.45) is 0.135. The van der Waals surface area contributed by atoms with Gasteiger partial charge in [-0.2, -0.15) is 4.31 Å². The zero-order valence-corrected chi connectivity index (χ0v) is 16.2. The quantitative estimate of drug-likeness (QED) is 0.845. The number of anilines is 1. The number of halogens is 1. The van der Waals surface area contributed by atoms with Gasteiger partial charge in [-0.1, -0.05) is 13.8 Å². The number of fused-ring (bicyclic) bond motifs is 1. The summed E-state index contributed by atoms with van der Waals surface area (Å²) in [6.45, 7) is 5.29. The second-order valence-corrected chi connectivity index (χ2v) is 10.2. The molecule has 2 amide bonds. The number of carbonyl (C=O) groups is 1. The van der Waals surface area contributed by atoms with Crippen LogP contribution in [0.25, 0.3) is 0 Å². The Balaban J connectivity index is 1.52. The summed E-state index contributed by atoms with van der Waals surface area (Å²) < 4.78 is 46.5.